The first kappa shape index (κ1) is 22.0. The first-order chi connectivity index (χ1) is 14.8. The number of anilines is 1. The molecule has 1 aromatic rings. The number of hydrogen-bond acceptors (Lipinski definition) is 4. The molecule has 6 nitrogen and oxygen atoms in total. The van der Waals surface area contributed by atoms with Crippen LogP contribution in [0.15, 0.2) is 18.2 Å². The normalized spacial score (nSPS) is 32.0. The summed E-state index contributed by atoms with van der Waals surface area (Å²) in [4.78, 5) is 27.1. The minimum absolute atomic E-state index is 0.000856. The van der Waals surface area contributed by atoms with Gasteiger partial charge in [0.15, 0.2) is 0 Å². The number of benzene rings is 1. The van der Waals surface area contributed by atoms with Gasteiger partial charge in [0.2, 0.25) is 11.8 Å². The van der Waals surface area contributed by atoms with Gasteiger partial charge in [-0.25, -0.2) is 4.39 Å². The highest BCUT2D eigenvalue weighted by Crippen LogP contribution is 2.52. The third-order valence-electron chi connectivity index (χ3n) is 7.50. The van der Waals surface area contributed by atoms with E-state index in [1.165, 1.54) is 4.90 Å². The molecule has 31 heavy (non-hydrogen) atoms. The summed E-state index contributed by atoms with van der Waals surface area (Å²) < 4.78 is 13.6. The fourth-order valence-electron chi connectivity index (χ4n) is 5.36. The number of halogens is 2. The zero-order valence-electron chi connectivity index (χ0n) is 17.7. The van der Waals surface area contributed by atoms with E-state index in [-0.39, 0.29) is 42.3 Å². The highest BCUT2D eigenvalue weighted by Gasteiger charge is 2.52. The molecule has 2 N–H and O–H groups in total. The van der Waals surface area contributed by atoms with E-state index in [0.29, 0.717) is 5.02 Å². The Morgan fingerprint density at radius 3 is 2.55 bits per heavy atom. The smallest absolute Gasteiger partial charge is 0.237 e. The molecule has 0 spiro atoms. The van der Waals surface area contributed by atoms with E-state index in [0.717, 1.165) is 49.8 Å². The van der Waals surface area contributed by atoms with Crippen LogP contribution in [0.5, 0.6) is 0 Å². The number of nitrogens with one attached hydrogen (secondary N) is 2. The summed E-state index contributed by atoms with van der Waals surface area (Å²) in [5.74, 6) is -0.162. The largest absolute Gasteiger partial charge is 0.325 e. The average Bonchev–Trinajstić information content (AvgIpc) is 3.16. The van der Waals surface area contributed by atoms with Crippen molar-refractivity contribution in [2.75, 3.05) is 18.4 Å². The lowest BCUT2D eigenvalue weighted by Crippen LogP contribution is -2.59. The van der Waals surface area contributed by atoms with E-state index >= 15 is 0 Å². The molecule has 8 heteroatoms. The van der Waals surface area contributed by atoms with Gasteiger partial charge in [-0.05, 0) is 69.2 Å². The summed E-state index contributed by atoms with van der Waals surface area (Å²) >= 11 is 6.01. The summed E-state index contributed by atoms with van der Waals surface area (Å²) in [6.07, 6.45) is 3.73. The number of rotatable bonds is 5. The van der Waals surface area contributed by atoms with Crippen molar-refractivity contribution < 1.29 is 14.0 Å². The Balaban J connectivity index is 1.34. The molecule has 166 valence electrons. The number of likely N-dealkylation sites (tertiary alicyclic amines) is 1. The van der Waals surface area contributed by atoms with Gasteiger partial charge in [0.05, 0.1) is 19.2 Å². The van der Waals surface area contributed by atoms with Crippen LogP contribution in [0.1, 0.15) is 50.5 Å². The maximum Gasteiger partial charge on any atom is 0.237 e. The van der Waals surface area contributed by atoms with Gasteiger partial charge >= 0.3 is 0 Å². The van der Waals surface area contributed by atoms with E-state index in [4.69, 9.17) is 16.9 Å². The fourth-order valence-corrected chi connectivity index (χ4v) is 5.59. The van der Waals surface area contributed by atoms with E-state index < -0.39 is 12.2 Å². The molecule has 0 aromatic heterocycles. The van der Waals surface area contributed by atoms with Crippen LogP contribution in [0, 0.1) is 23.7 Å². The second-order valence-electron chi connectivity index (χ2n) is 9.35. The van der Waals surface area contributed by atoms with E-state index in [1.807, 2.05) is 25.1 Å². The number of nitriles is 1. The quantitative estimate of drug-likeness (QED) is 0.721. The topological polar surface area (TPSA) is 85.2 Å². The molecule has 5 rings (SSSR count). The SMILES string of the molecule is Cc1cc(Cl)ccc1NC(=O)C12CCC(NCC(=O)N3CC(F)CC3C#N)(CC1)CC2. The molecule has 2 unspecified atom stereocenters. The lowest BCUT2D eigenvalue weighted by Gasteiger charge is -2.53. The van der Waals surface area contributed by atoms with Gasteiger partial charge in [0.25, 0.3) is 0 Å². The van der Waals surface area contributed by atoms with E-state index in [9.17, 15) is 14.0 Å². The molecule has 3 aliphatic carbocycles. The summed E-state index contributed by atoms with van der Waals surface area (Å²) in [5, 5.41) is 16.3. The maximum absolute atomic E-state index is 13.6. The van der Waals surface area contributed by atoms with Crippen molar-refractivity contribution in [1.29, 1.82) is 5.26 Å². The number of fused-ring (bicyclic) bond motifs is 3. The zero-order chi connectivity index (χ0) is 22.2. The Morgan fingerprint density at radius 2 is 1.94 bits per heavy atom. The van der Waals surface area contributed by atoms with Crippen LogP contribution in [-0.4, -0.2) is 47.6 Å². The average molecular weight is 447 g/mol. The van der Waals surface area contributed by atoms with Crippen molar-refractivity contribution in [3.8, 4) is 6.07 Å². The van der Waals surface area contributed by atoms with Crippen LogP contribution in [0.25, 0.3) is 0 Å². The molecule has 2 atom stereocenters. The van der Waals surface area contributed by atoms with Gasteiger partial charge in [0.1, 0.15) is 12.2 Å². The molecule has 4 fully saturated rings. The minimum atomic E-state index is -1.13. The monoisotopic (exact) mass is 446 g/mol. The predicted molar refractivity (Wildman–Crippen MR) is 116 cm³/mol. The first-order valence-corrected chi connectivity index (χ1v) is 11.3. The molecule has 1 aromatic carbocycles. The highest BCUT2D eigenvalue weighted by atomic mass is 35.5. The van der Waals surface area contributed by atoms with Crippen molar-refractivity contribution >= 4 is 29.1 Å². The van der Waals surface area contributed by atoms with Crippen LogP contribution in [0.4, 0.5) is 10.1 Å². The lowest BCUT2D eigenvalue weighted by molar-refractivity contribution is -0.135. The minimum Gasteiger partial charge on any atom is -0.325 e. The zero-order valence-corrected chi connectivity index (χ0v) is 18.5. The van der Waals surface area contributed by atoms with Gasteiger partial charge in [-0.2, -0.15) is 5.26 Å². The third kappa shape index (κ3) is 4.28. The number of hydrogen-bond donors (Lipinski definition) is 2. The van der Waals surface area contributed by atoms with Crippen LogP contribution in [-0.2, 0) is 9.59 Å². The highest BCUT2D eigenvalue weighted by molar-refractivity contribution is 6.30. The Morgan fingerprint density at radius 1 is 1.26 bits per heavy atom. The molecule has 4 aliphatic rings. The number of alkyl halides is 1. The predicted octanol–water partition coefficient (Wildman–Crippen LogP) is 3.73. The fraction of sp³-hybridized carbons (Fsp3) is 0.609. The van der Waals surface area contributed by atoms with Crippen molar-refractivity contribution in [3.63, 3.8) is 0 Å². The summed E-state index contributed by atoms with van der Waals surface area (Å²) in [6, 6.07) is 6.80. The molecule has 1 aliphatic heterocycles. The maximum atomic E-state index is 13.6. The number of nitrogens with zero attached hydrogens (tertiary/aromatic N) is 2. The van der Waals surface area contributed by atoms with Gasteiger partial charge in [0, 0.05) is 28.1 Å². The second kappa shape index (κ2) is 8.40. The molecular weight excluding hydrogens is 419 g/mol. The first-order valence-electron chi connectivity index (χ1n) is 10.9. The van der Waals surface area contributed by atoms with Crippen LogP contribution in [0.2, 0.25) is 5.02 Å². The lowest BCUT2D eigenvalue weighted by atomic mass is 9.57. The van der Waals surface area contributed by atoms with Gasteiger partial charge < -0.3 is 15.5 Å². The van der Waals surface area contributed by atoms with Gasteiger partial charge in [-0.1, -0.05) is 11.6 Å². The molecule has 1 heterocycles. The Hall–Kier alpha value is -2.17. The molecule has 2 amide bonds. The molecule has 2 bridgehead atoms. The molecule has 0 radical (unpaired) electrons. The van der Waals surface area contributed by atoms with Crippen LogP contribution >= 0.6 is 11.6 Å². The molecule has 3 saturated carbocycles. The summed E-state index contributed by atoms with van der Waals surface area (Å²) in [6.45, 7) is 2.03. The third-order valence-corrected chi connectivity index (χ3v) is 7.73. The van der Waals surface area contributed by atoms with Gasteiger partial charge in [-0.15, -0.1) is 0 Å². The van der Waals surface area contributed by atoms with Crippen molar-refractivity contribution in [2.24, 2.45) is 5.41 Å². The Kier molecular flexibility index (Phi) is 5.97. The van der Waals surface area contributed by atoms with Crippen molar-refractivity contribution in [3.05, 3.63) is 28.8 Å². The molecule has 1 saturated heterocycles. The van der Waals surface area contributed by atoms with Crippen molar-refractivity contribution in [2.45, 2.75) is 69.6 Å². The number of amides is 2. The second-order valence-corrected chi connectivity index (χ2v) is 9.79. The summed E-state index contributed by atoms with van der Waals surface area (Å²) in [7, 11) is 0. The summed E-state index contributed by atoms with van der Waals surface area (Å²) in [5.41, 5.74) is 1.19. The number of carbonyl (C=O) groups excluding carboxylic acids is 2. The Bertz CT molecular complexity index is 906. The van der Waals surface area contributed by atoms with E-state index in [2.05, 4.69) is 10.6 Å². The van der Waals surface area contributed by atoms with Crippen LogP contribution in [0.3, 0.4) is 0 Å². The standard InChI is InChI=1S/C23H28ClFN4O2/c1-15-10-16(24)2-3-19(15)28-21(31)22-4-7-23(8-5-22,9-6-22)27-13-20(30)29-14-17(25)11-18(29)12-26/h2-3,10,17-18,27H,4-9,11,13-14H2,1H3,(H,28,31). The van der Waals surface area contributed by atoms with Crippen molar-refractivity contribution in [1.82, 2.24) is 10.2 Å². The Labute approximate surface area is 187 Å². The number of carbonyl (C=O) groups is 2. The van der Waals surface area contributed by atoms with Gasteiger partial charge in [-0.3, -0.25) is 9.59 Å². The van der Waals surface area contributed by atoms with Crippen LogP contribution < -0.4 is 10.6 Å². The molecular formula is C23H28ClFN4O2. The number of aryl methyl sites for hydroxylation is 1. The van der Waals surface area contributed by atoms with E-state index in [1.54, 1.807) is 6.07 Å².